The van der Waals surface area contributed by atoms with E-state index in [9.17, 15) is 4.39 Å². The zero-order valence-corrected chi connectivity index (χ0v) is 9.00. The number of rotatable bonds is 3. The van der Waals surface area contributed by atoms with Crippen LogP contribution in [-0.2, 0) is 6.42 Å². The van der Waals surface area contributed by atoms with E-state index in [4.69, 9.17) is 0 Å². The SMILES string of the molecule is CNC(C)Cc1ccn2ccc(F)cc12. The minimum atomic E-state index is -0.181. The van der Waals surface area contributed by atoms with Crippen LogP contribution in [-0.4, -0.2) is 17.5 Å². The first kappa shape index (κ1) is 10.2. The molecule has 80 valence electrons. The molecule has 0 bridgehead atoms. The van der Waals surface area contributed by atoms with Crippen molar-refractivity contribution in [3.05, 3.63) is 42.0 Å². The number of likely N-dealkylation sites (N-methyl/N-ethyl adjacent to an activating group) is 1. The summed E-state index contributed by atoms with van der Waals surface area (Å²) in [5.41, 5.74) is 2.13. The molecule has 0 saturated heterocycles. The van der Waals surface area contributed by atoms with Crippen LogP contribution in [0.3, 0.4) is 0 Å². The molecule has 0 aliphatic rings. The summed E-state index contributed by atoms with van der Waals surface area (Å²) in [6.07, 6.45) is 4.63. The van der Waals surface area contributed by atoms with Crippen LogP contribution in [0.25, 0.3) is 5.52 Å². The van der Waals surface area contributed by atoms with Crippen molar-refractivity contribution in [1.29, 1.82) is 0 Å². The van der Waals surface area contributed by atoms with Gasteiger partial charge in [0, 0.05) is 18.4 Å². The summed E-state index contributed by atoms with van der Waals surface area (Å²) in [5, 5.41) is 3.18. The van der Waals surface area contributed by atoms with E-state index < -0.39 is 0 Å². The third-order valence-electron chi connectivity index (χ3n) is 2.73. The fraction of sp³-hybridized carbons (Fsp3) is 0.333. The maximum absolute atomic E-state index is 13.1. The minimum absolute atomic E-state index is 0.181. The van der Waals surface area contributed by atoms with Crippen LogP contribution < -0.4 is 5.32 Å². The molecule has 2 rings (SSSR count). The van der Waals surface area contributed by atoms with Gasteiger partial charge in [0.15, 0.2) is 0 Å². The molecule has 2 nitrogen and oxygen atoms in total. The Balaban J connectivity index is 2.39. The molecular formula is C12H15FN2. The molecule has 0 radical (unpaired) electrons. The van der Waals surface area contributed by atoms with Crippen molar-refractivity contribution < 1.29 is 4.39 Å². The first-order chi connectivity index (χ1) is 7.20. The second-order valence-electron chi connectivity index (χ2n) is 3.87. The lowest BCUT2D eigenvalue weighted by molar-refractivity contribution is 0.609. The van der Waals surface area contributed by atoms with Gasteiger partial charge in [0.1, 0.15) is 5.82 Å². The number of pyridine rings is 1. The van der Waals surface area contributed by atoms with E-state index in [-0.39, 0.29) is 5.82 Å². The fourth-order valence-electron chi connectivity index (χ4n) is 1.73. The maximum atomic E-state index is 13.1. The van der Waals surface area contributed by atoms with E-state index in [1.54, 1.807) is 12.3 Å². The Morgan fingerprint density at radius 3 is 2.87 bits per heavy atom. The first-order valence-electron chi connectivity index (χ1n) is 5.13. The van der Waals surface area contributed by atoms with Crippen molar-refractivity contribution in [1.82, 2.24) is 9.72 Å². The van der Waals surface area contributed by atoms with Crippen LogP contribution in [0.2, 0.25) is 0 Å². The average molecular weight is 206 g/mol. The van der Waals surface area contributed by atoms with E-state index in [1.165, 1.54) is 11.6 Å². The summed E-state index contributed by atoms with van der Waals surface area (Å²) in [5.74, 6) is -0.181. The molecule has 0 aromatic carbocycles. The summed E-state index contributed by atoms with van der Waals surface area (Å²) in [4.78, 5) is 0. The predicted molar refractivity (Wildman–Crippen MR) is 59.6 cm³/mol. The number of hydrogen-bond acceptors (Lipinski definition) is 1. The molecule has 0 saturated carbocycles. The van der Waals surface area contributed by atoms with Crippen molar-refractivity contribution in [2.45, 2.75) is 19.4 Å². The molecular weight excluding hydrogens is 191 g/mol. The Labute approximate surface area is 88.7 Å². The molecule has 0 aliphatic carbocycles. The zero-order valence-electron chi connectivity index (χ0n) is 9.00. The van der Waals surface area contributed by atoms with E-state index in [0.717, 1.165) is 11.9 Å². The number of nitrogens with zero attached hydrogens (tertiary/aromatic N) is 1. The Morgan fingerprint density at radius 2 is 2.13 bits per heavy atom. The van der Waals surface area contributed by atoms with E-state index in [2.05, 4.69) is 12.2 Å². The smallest absolute Gasteiger partial charge is 0.126 e. The van der Waals surface area contributed by atoms with Crippen LogP contribution in [0, 0.1) is 5.82 Å². The van der Waals surface area contributed by atoms with Gasteiger partial charge in [-0.2, -0.15) is 0 Å². The fourth-order valence-corrected chi connectivity index (χ4v) is 1.73. The molecule has 3 heteroatoms. The highest BCUT2D eigenvalue weighted by Gasteiger charge is 2.06. The summed E-state index contributed by atoms with van der Waals surface area (Å²) in [6, 6.07) is 5.50. The molecule has 2 aromatic rings. The number of aromatic nitrogens is 1. The molecule has 15 heavy (non-hydrogen) atoms. The predicted octanol–water partition coefficient (Wildman–Crippen LogP) is 2.23. The standard InChI is InChI=1S/C12H15FN2/c1-9(14-2)7-10-3-5-15-6-4-11(13)8-12(10)15/h3-6,8-9,14H,7H2,1-2H3. The van der Waals surface area contributed by atoms with Crippen molar-refractivity contribution in [2.75, 3.05) is 7.05 Å². The second kappa shape index (κ2) is 4.03. The summed E-state index contributed by atoms with van der Waals surface area (Å²) in [6.45, 7) is 2.11. The summed E-state index contributed by atoms with van der Waals surface area (Å²) in [7, 11) is 1.93. The lowest BCUT2D eigenvalue weighted by Gasteiger charge is -2.08. The van der Waals surface area contributed by atoms with Gasteiger partial charge in [-0.15, -0.1) is 0 Å². The van der Waals surface area contributed by atoms with Gasteiger partial charge >= 0.3 is 0 Å². The Kier molecular flexibility index (Phi) is 2.73. The van der Waals surface area contributed by atoms with Crippen molar-refractivity contribution in [2.24, 2.45) is 0 Å². The third kappa shape index (κ3) is 2.02. The largest absolute Gasteiger partial charge is 0.323 e. The molecule has 2 heterocycles. The number of nitrogens with one attached hydrogen (secondary N) is 1. The maximum Gasteiger partial charge on any atom is 0.126 e. The second-order valence-corrected chi connectivity index (χ2v) is 3.87. The van der Waals surface area contributed by atoms with E-state index in [0.29, 0.717) is 6.04 Å². The molecule has 0 aliphatic heterocycles. The molecule has 0 spiro atoms. The highest BCUT2D eigenvalue weighted by atomic mass is 19.1. The number of halogens is 1. The zero-order chi connectivity index (χ0) is 10.8. The lowest BCUT2D eigenvalue weighted by atomic mass is 10.1. The van der Waals surface area contributed by atoms with Gasteiger partial charge in [-0.3, -0.25) is 0 Å². The van der Waals surface area contributed by atoms with Gasteiger partial charge in [0.05, 0.1) is 5.52 Å². The molecule has 1 unspecified atom stereocenters. The van der Waals surface area contributed by atoms with Crippen LogP contribution >= 0.6 is 0 Å². The summed E-state index contributed by atoms with van der Waals surface area (Å²) >= 11 is 0. The average Bonchev–Trinajstić information content (AvgIpc) is 2.61. The Morgan fingerprint density at radius 1 is 1.40 bits per heavy atom. The van der Waals surface area contributed by atoms with Crippen LogP contribution in [0.4, 0.5) is 4.39 Å². The van der Waals surface area contributed by atoms with Gasteiger partial charge in [-0.25, -0.2) is 4.39 Å². The quantitative estimate of drug-likeness (QED) is 0.814. The van der Waals surface area contributed by atoms with Crippen LogP contribution in [0.5, 0.6) is 0 Å². The normalized spacial score (nSPS) is 13.3. The highest BCUT2D eigenvalue weighted by molar-refractivity contribution is 5.56. The number of hydrogen-bond donors (Lipinski definition) is 1. The van der Waals surface area contributed by atoms with Crippen molar-refractivity contribution >= 4 is 5.52 Å². The molecule has 1 N–H and O–H groups in total. The van der Waals surface area contributed by atoms with Crippen LogP contribution in [0.1, 0.15) is 12.5 Å². The molecule has 2 aromatic heterocycles. The molecule has 0 fully saturated rings. The Hall–Kier alpha value is -1.35. The Bertz CT molecular complexity index is 462. The third-order valence-corrected chi connectivity index (χ3v) is 2.73. The first-order valence-corrected chi connectivity index (χ1v) is 5.13. The van der Waals surface area contributed by atoms with Crippen molar-refractivity contribution in [3.63, 3.8) is 0 Å². The van der Waals surface area contributed by atoms with Gasteiger partial charge < -0.3 is 9.72 Å². The number of fused-ring (bicyclic) bond motifs is 1. The van der Waals surface area contributed by atoms with Gasteiger partial charge in [-0.1, -0.05) is 0 Å². The highest BCUT2D eigenvalue weighted by Crippen LogP contribution is 2.15. The van der Waals surface area contributed by atoms with Gasteiger partial charge in [0.25, 0.3) is 0 Å². The lowest BCUT2D eigenvalue weighted by Crippen LogP contribution is -2.23. The van der Waals surface area contributed by atoms with Crippen molar-refractivity contribution in [3.8, 4) is 0 Å². The topological polar surface area (TPSA) is 16.4 Å². The summed E-state index contributed by atoms with van der Waals surface area (Å²) < 4.78 is 15.0. The molecule has 1 atom stereocenters. The van der Waals surface area contributed by atoms with E-state index >= 15 is 0 Å². The van der Waals surface area contributed by atoms with Gasteiger partial charge in [-0.05, 0) is 44.2 Å². The van der Waals surface area contributed by atoms with E-state index in [1.807, 2.05) is 23.7 Å². The molecule has 0 amide bonds. The van der Waals surface area contributed by atoms with Gasteiger partial charge in [0.2, 0.25) is 0 Å². The van der Waals surface area contributed by atoms with Crippen LogP contribution in [0.15, 0.2) is 30.6 Å². The monoisotopic (exact) mass is 206 g/mol. The minimum Gasteiger partial charge on any atom is -0.323 e.